The molecule has 1 aliphatic heterocycles. The van der Waals surface area contributed by atoms with Crippen LogP contribution in [-0.4, -0.2) is 48.9 Å². The maximum absolute atomic E-state index is 11.2. The first-order chi connectivity index (χ1) is 15.6. The number of allylic oxidation sites excluding steroid dienone is 2. The van der Waals surface area contributed by atoms with Gasteiger partial charge in [0.05, 0.1) is 19.6 Å². The molecule has 0 bridgehead atoms. The number of nitrogens with one attached hydrogen (secondary N) is 1. The van der Waals surface area contributed by atoms with Crippen molar-refractivity contribution in [2.75, 3.05) is 32.7 Å². The van der Waals surface area contributed by atoms with E-state index in [9.17, 15) is 4.79 Å². The number of amides is 1. The van der Waals surface area contributed by atoms with E-state index in [1.54, 1.807) is 6.92 Å². The highest BCUT2D eigenvalue weighted by Crippen LogP contribution is 2.20. The highest BCUT2D eigenvalue weighted by Gasteiger charge is 2.35. The van der Waals surface area contributed by atoms with E-state index in [0.717, 1.165) is 43.6 Å². The Hall–Kier alpha value is -1.16. The zero-order valence-electron chi connectivity index (χ0n) is 21.8. The van der Waals surface area contributed by atoms with Crippen molar-refractivity contribution >= 4 is 11.7 Å². The highest BCUT2D eigenvalue weighted by atomic mass is 16.1. The summed E-state index contributed by atoms with van der Waals surface area (Å²) in [7, 11) is 0. The van der Waals surface area contributed by atoms with Crippen LogP contribution in [0.4, 0.5) is 0 Å². The molecule has 0 aromatic rings. The van der Waals surface area contributed by atoms with E-state index in [1.807, 2.05) is 0 Å². The first-order valence-corrected chi connectivity index (χ1v) is 13.9. The number of carbonyl (C=O) groups is 1. The third-order valence-electron chi connectivity index (χ3n) is 7.05. The quantitative estimate of drug-likeness (QED) is 0.113. The lowest BCUT2D eigenvalue weighted by Crippen LogP contribution is -2.54. The Morgan fingerprint density at radius 1 is 0.875 bits per heavy atom. The van der Waals surface area contributed by atoms with Crippen LogP contribution in [0.15, 0.2) is 17.1 Å². The van der Waals surface area contributed by atoms with Crippen LogP contribution in [0.1, 0.15) is 124 Å². The molecule has 0 fully saturated rings. The molecule has 1 amide bonds. The molecular formula is C28H54N3O+. The number of aliphatic imine (C=N–C) groups is 1. The molecule has 1 heterocycles. The van der Waals surface area contributed by atoms with Crippen LogP contribution in [0, 0.1) is 0 Å². The van der Waals surface area contributed by atoms with E-state index in [1.165, 1.54) is 102 Å². The van der Waals surface area contributed by atoms with Crippen LogP contribution in [0.3, 0.4) is 0 Å². The number of hydrogen-bond acceptors (Lipinski definition) is 2. The smallest absolute Gasteiger partial charge is 0.217 e. The molecular weight excluding hydrogens is 394 g/mol. The number of carbonyl (C=O) groups excluding carboxylic acids is 1. The average Bonchev–Trinajstić information content (AvgIpc) is 3.18. The summed E-state index contributed by atoms with van der Waals surface area (Å²) in [6, 6.07) is 0. The molecule has 0 aliphatic carbocycles. The summed E-state index contributed by atoms with van der Waals surface area (Å²) in [6.07, 6.45) is 26.4. The van der Waals surface area contributed by atoms with Crippen molar-refractivity contribution in [3.05, 3.63) is 12.2 Å². The predicted octanol–water partition coefficient (Wildman–Crippen LogP) is 7.19. The minimum Gasteiger partial charge on any atom is -0.351 e. The third kappa shape index (κ3) is 13.4. The van der Waals surface area contributed by atoms with Crippen molar-refractivity contribution < 1.29 is 9.28 Å². The van der Waals surface area contributed by atoms with Gasteiger partial charge in [-0.25, -0.2) is 4.99 Å². The monoisotopic (exact) mass is 448 g/mol. The first kappa shape index (κ1) is 28.9. The van der Waals surface area contributed by atoms with Crippen LogP contribution in [0.2, 0.25) is 0 Å². The normalized spacial score (nSPS) is 18.4. The van der Waals surface area contributed by atoms with E-state index >= 15 is 0 Å². The lowest BCUT2D eigenvalue weighted by Gasteiger charge is -2.33. The number of likely N-dealkylation sites (N-methyl/N-ethyl adjacent to an activating group) is 1. The number of rotatable bonds is 21. The van der Waals surface area contributed by atoms with Crippen LogP contribution in [0.5, 0.6) is 0 Å². The van der Waals surface area contributed by atoms with E-state index in [2.05, 4.69) is 31.3 Å². The third-order valence-corrected chi connectivity index (χ3v) is 7.05. The van der Waals surface area contributed by atoms with Crippen molar-refractivity contribution in [3.63, 3.8) is 0 Å². The van der Waals surface area contributed by atoms with Crippen LogP contribution >= 0.6 is 0 Å². The zero-order valence-corrected chi connectivity index (χ0v) is 21.8. The Balaban J connectivity index is 1.97. The summed E-state index contributed by atoms with van der Waals surface area (Å²) >= 11 is 0. The van der Waals surface area contributed by atoms with Gasteiger partial charge >= 0.3 is 0 Å². The van der Waals surface area contributed by atoms with Crippen molar-refractivity contribution in [3.8, 4) is 0 Å². The number of hydrogen-bond donors (Lipinski definition) is 1. The van der Waals surface area contributed by atoms with Gasteiger partial charge < -0.3 is 5.32 Å². The summed E-state index contributed by atoms with van der Waals surface area (Å²) in [4.78, 5) is 16.0. The molecule has 4 heteroatoms. The number of quaternary nitrogens is 1. The molecule has 0 aromatic carbocycles. The Kier molecular flexibility index (Phi) is 17.4. The maximum Gasteiger partial charge on any atom is 0.217 e. The molecule has 1 aliphatic rings. The molecule has 32 heavy (non-hydrogen) atoms. The zero-order chi connectivity index (χ0) is 23.3. The SMILES string of the molecule is CCCCCCCCC/C=C/CCCCCCCCC1=NCC[N+]1(CC)CCNC(C)=O. The fraction of sp³-hybridized carbons (Fsp3) is 0.857. The fourth-order valence-corrected chi connectivity index (χ4v) is 4.86. The van der Waals surface area contributed by atoms with Gasteiger partial charge in [-0.1, -0.05) is 83.3 Å². The Morgan fingerprint density at radius 2 is 1.44 bits per heavy atom. The molecule has 0 spiro atoms. The van der Waals surface area contributed by atoms with E-state index < -0.39 is 0 Å². The largest absolute Gasteiger partial charge is 0.351 e. The van der Waals surface area contributed by atoms with Gasteiger partial charge in [-0.05, 0) is 39.0 Å². The van der Waals surface area contributed by atoms with Gasteiger partial charge in [-0.3, -0.25) is 9.28 Å². The standard InChI is InChI=1S/C28H53N3O/c1-4-6-7-8-9-10-11-12-13-14-15-16-17-18-19-20-21-22-28-30-24-26-31(28,5-2)25-23-29-27(3)32/h13-14H,4-12,15-26H2,1-3H3/p+1/b14-13+. The molecule has 0 saturated carbocycles. The van der Waals surface area contributed by atoms with Gasteiger partial charge in [-0.15, -0.1) is 0 Å². The number of amidine groups is 1. The highest BCUT2D eigenvalue weighted by molar-refractivity contribution is 5.77. The second kappa shape index (κ2) is 19.3. The van der Waals surface area contributed by atoms with E-state index in [-0.39, 0.29) is 5.91 Å². The molecule has 186 valence electrons. The minimum atomic E-state index is 0.0700. The predicted molar refractivity (Wildman–Crippen MR) is 140 cm³/mol. The molecule has 0 radical (unpaired) electrons. The van der Waals surface area contributed by atoms with Gasteiger partial charge in [0.2, 0.25) is 5.91 Å². The van der Waals surface area contributed by atoms with Gasteiger partial charge in [0, 0.05) is 13.3 Å². The van der Waals surface area contributed by atoms with Gasteiger partial charge in [0.25, 0.3) is 0 Å². The second-order valence-corrected chi connectivity index (χ2v) is 9.73. The average molecular weight is 449 g/mol. The van der Waals surface area contributed by atoms with Crippen LogP contribution < -0.4 is 5.32 Å². The van der Waals surface area contributed by atoms with Crippen LogP contribution in [-0.2, 0) is 4.79 Å². The summed E-state index contributed by atoms with van der Waals surface area (Å²) < 4.78 is 0.992. The molecule has 1 N–H and O–H groups in total. The van der Waals surface area contributed by atoms with Crippen molar-refractivity contribution in [1.82, 2.24) is 5.32 Å². The van der Waals surface area contributed by atoms with E-state index in [4.69, 9.17) is 4.99 Å². The number of nitrogens with zero attached hydrogens (tertiary/aromatic N) is 2. The maximum atomic E-state index is 11.2. The molecule has 4 nitrogen and oxygen atoms in total. The molecule has 0 saturated heterocycles. The Labute approximate surface area is 199 Å². The summed E-state index contributed by atoms with van der Waals surface area (Å²) in [5.41, 5.74) is 0. The lowest BCUT2D eigenvalue weighted by molar-refractivity contribution is -0.833. The molecule has 1 rings (SSSR count). The Morgan fingerprint density at radius 3 is 2.00 bits per heavy atom. The molecule has 0 aromatic heterocycles. The second-order valence-electron chi connectivity index (χ2n) is 9.73. The van der Waals surface area contributed by atoms with Gasteiger partial charge in [-0.2, -0.15) is 0 Å². The lowest BCUT2D eigenvalue weighted by atomic mass is 10.1. The fourth-order valence-electron chi connectivity index (χ4n) is 4.86. The first-order valence-electron chi connectivity index (χ1n) is 13.9. The van der Waals surface area contributed by atoms with Crippen molar-refractivity contribution in [2.24, 2.45) is 4.99 Å². The minimum absolute atomic E-state index is 0.0700. The van der Waals surface area contributed by atoms with Crippen molar-refractivity contribution in [2.45, 2.75) is 124 Å². The van der Waals surface area contributed by atoms with Crippen molar-refractivity contribution in [1.29, 1.82) is 0 Å². The van der Waals surface area contributed by atoms with Gasteiger partial charge in [0.1, 0.15) is 13.1 Å². The summed E-state index contributed by atoms with van der Waals surface area (Å²) in [5, 5.41) is 2.96. The van der Waals surface area contributed by atoms with Gasteiger partial charge in [0.15, 0.2) is 5.84 Å². The molecule has 1 atom stereocenters. The topological polar surface area (TPSA) is 41.5 Å². The number of unbranched alkanes of at least 4 members (excludes halogenated alkanes) is 13. The summed E-state index contributed by atoms with van der Waals surface area (Å²) in [5.74, 6) is 1.45. The Bertz CT molecular complexity index is 529. The van der Waals surface area contributed by atoms with E-state index in [0.29, 0.717) is 0 Å². The summed E-state index contributed by atoms with van der Waals surface area (Å²) in [6.45, 7) is 11.0. The molecule has 1 unspecified atom stereocenters. The van der Waals surface area contributed by atoms with Crippen LogP contribution in [0.25, 0.3) is 0 Å².